The Kier molecular flexibility index (Phi) is 5.87. The molecule has 0 unspecified atom stereocenters. The van der Waals surface area contributed by atoms with Gasteiger partial charge in [-0.3, -0.25) is 9.59 Å². The van der Waals surface area contributed by atoms with Crippen molar-refractivity contribution in [3.8, 4) is 0 Å². The Labute approximate surface area is 134 Å². The molecular formula is C17H22FN3O2. The molecule has 0 bridgehead atoms. The van der Waals surface area contributed by atoms with Gasteiger partial charge in [-0.25, -0.2) is 4.39 Å². The van der Waals surface area contributed by atoms with Gasteiger partial charge in [-0.2, -0.15) is 0 Å². The Bertz CT molecular complexity index is 740. The van der Waals surface area contributed by atoms with E-state index in [0.717, 1.165) is 13.0 Å². The maximum absolute atomic E-state index is 13.3. The summed E-state index contributed by atoms with van der Waals surface area (Å²) in [5.74, 6) is -0.434. The summed E-state index contributed by atoms with van der Waals surface area (Å²) in [6, 6.07) is 5.86. The highest BCUT2D eigenvalue weighted by atomic mass is 19.1. The fourth-order valence-electron chi connectivity index (χ4n) is 2.37. The third-order valence-corrected chi connectivity index (χ3v) is 3.61. The largest absolute Gasteiger partial charge is 0.356 e. The summed E-state index contributed by atoms with van der Waals surface area (Å²) in [6.45, 7) is 1.53. The van der Waals surface area contributed by atoms with Gasteiger partial charge in [0.15, 0.2) is 0 Å². The number of aryl methyl sites for hydroxylation is 1. The van der Waals surface area contributed by atoms with Crippen LogP contribution in [0.1, 0.15) is 18.4 Å². The van der Waals surface area contributed by atoms with Crippen LogP contribution in [0.2, 0.25) is 0 Å². The second-order valence-electron chi connectivity index (χ2n) is 5.86. The minimum absolute atomic E-state index is 0.0810. The summed E-state index contributed by atoms with van der Waals surface area (Å²) in [6.07, 6.45) is 1.46. The number of H-pyrrole nitrogens is 1. The molecule has 0 aliphatic rings. The molecule has 0 aliphatic carbocycles. The lowest BCUT2D eigenvalue weighted by Crippen LogP contribution is -2.27. The van der Waals surface area contributed by atoms with E-state index in [1.54, 1.807) is 6.07 Å². The van der Waals surface area contributed by atoms with Crippen LogP contribution < -0.4 is 10.9 Å². The first-order valence-corrected chi connectivity index (χ1v) is 7.68. The van der Waals surface area contributed by atoms with Crippen LogP contribution in [-0.4, -0.2) is 43.0 Å². The van der Waals surface area contributed by atoms with Crippen molar-refractivity contribution in [3.05, 3.63) is 46.0 Å². The third-order valence-electron chi connectivity index (χ3n) is 3.61. The van der Waals surface area contributed by atoms with Crippen LogP contribution in [0.3, 0.4) is 0 Å². The molecule has 2 N–H and O–H groups in total. The average Bonchev–Trinajstić information content (AvgIpc) is 2.49. The first-order valence-electron chi connectivity index (χ1n) is 7.68. The quantitative estimate of drug-likeness (QED) is 0.763. The van der Waals surface area contributed by atoms with E-state index in [0.29, 0.717) is 29.4 Å². The Morgan fingerprint density at radius 2 is 2.09 bits per heavy atom. The van der Waals surface area contributed by atoms with Gasteiger partial charge in [0.05, 0.1) is 0 Å². The van der Waals surface area contributed by atoms with Gasteiger partial charge in [-0.15, -0.1) is 0 Å². The molecule has 0 saturated heterocycles. The SMILES string of the molecule is CN(C)CCCNC(=O)CCc1cc2cc(F)ccc2[nH]c1=O. The number of halogens is 1. The van der Waals surface area contributed by atoms with Crippen LogP contribution in [0.4, 0.5) is 4.39 Å². The van der Waals surface area contributed by atoms with Crippen molar-refractivity contribution in [1.82, 2.24) is 15.2 Å². The third kappa shape index (κ3) is 5.17. The smallest absolute Gasteiger partial charge is 0.251 e. The van der Waals surface area contributed by atoms with Gasteiger partial charge in [0.2, 0.25) is 5.91 Å². The van der Waals surface area contributed by atoms with Gasteiger partial charge >= 0.3 is 0 Å². The van der Waals surface area contributed by atoms with Gasteiger partial charge in [0, 0.05) is 29.4 Å². The standard InChI is InChI=1S/C17H22FN3O2/c1-21(2)9-3-8-19-16(22)7-4-12-10-13-11-14(18)5-6-15(13)20-17(12)23/h5-6,10-11H,3-4,7-9H2,1-2H3,(H,19,22)(H,20,23). The minimum Gasteiger partial charge on any atom is -0.356 e. The average molecular weight is 319 g/mol. The predicted octanol–water partition coefficient (Wildman–Crippen LogP) is 1.67. The van der Waals surface area contributed by atoms with E-state index in [4.69, 9.17) is 0 Å². The highest BCUT2D eigenvalue weighted by Crippen LogP contribution is 2.13. The molecule has 2 rings (SSSR count). The number of hydrogen-bond donors (Lipinski definition) is 2. The number of aromatic amines is 1. The number of nitrogens with one attached hydrogen (secondary N) is 2. The van der Waals surface area contributed by atoms with Crippen molar-refractivity contribution in [3.63, 3.8) is 0 Å². The van der Waals surface area contributed by atoms with Crippen LogP contribution in [-0.2, 0) is 11.2 Å². The molecule has 124 valence electrons. The van der Waals surface area contributed by atoms with Crippen LogP contribution in [0.5, 0.6) is 0 Å². The molecular weight excluding hydrogens is 297 g/mol. The van der Waals surface area contributed by atoms with E-state index in [9.17, 15) is 14.0 Å². The molecule has 0 atom stereocenters. The number of benzene rings is 1. The molecule has 0 radical (unpaired) electrons. The lowest BCUT2D eigenvalue weighted by atomic mass is 10.1. The van der Waals surface area contributed by atoms with Gasteiger partial charge in [0.1, 0.15) is 5.82 Å². The molecule has 6 heteroatoms. The van der Waals surface area contributed by atoms with Crippen molar-refractivity contribution in [2.24, 2.45) is 0 Å². The lowest BCUT2D eigenvalue weighted by Gasteiger charge is -2.10. The monoisotopic (exact) mass is 319 g/mol. The van der Waals surface area contributed by atoms with Crippen molar-refractivity contribution in [2.75, 3.05) is 27.2 Å². The van der Waals surface area contributed by atoms with Gasteiger partial charge < -0.3 is 15.2 Å². The van der Waals surface area contributed by atoms with Gasteiger partial charge in [-0.05, 0) is 57.7 Å². The Balaban J connectivity index is 1.92. The number of pyridine rings is 1. The molecule has 23 heavy (non-hydrogen) atoms. The van der Waals surface area contributed by atoms with Crippen LogP contribution in [0.25, 0.3) is 10.9 Å². The first kappa shape index (κ1) is 17.1. The highest BCUT2D eigenvalue weighted by molar-refractivity contribution is 5.79. The number of rotatable bonds is 7. The summed E-state index contributed by atoms with van der Waals surface area (Å²) in [7, 11) is 3.97. The Morgan fingerprint density at radius 1 is 1.30 bits per heavy atom. The predicted molar refractivity (Wildman–Crippen MR) is 89.0 cm³/mol. The molecule has 1 aromatic carbocycles. The summed E-state index contributed by atoms with van der Waals surface area (Å²) in [5, 5.41) is 3.47. The second-order valence-corrected chi connectivity index (χ2v) is 5.86. The molecule has 1 heterocycles. The number of carbonyl (C=O) groups excluding carboxylic acids is 1. The van der Waals surface area contributed by atoms with E-state index >= 15 is 0 Å². The number of hydrogen-bond acceptors (Lipinski definition) is 3. The topological polar surface area (TPSA) is 65.2 Å². The maximum atomic E-state index is 13.3. The summed E-state index contributed by atoms with van der Waals surface area (Å²) >= 11 is 0. The molecule has 1 aromatic heterocycles. The van der Waals surface area contributed by atoms with Crippen molar-refractivity contribution < 1.29 is 9.18 Å². The van der Waals surface area contributed by atoms with Crippen molar-refractivity contribution in [1.29, 1.82) is 0 Å². The summed E-state index contributed by atoms with van der Waals surface area (Å²) < 4.78 is 13.3. The van der Waals surface area contributed by atoms with E-state index in [1.807, 2.05) is 14.1 Å². The zero-order chi connectivity index (χ0) is 16.8. The van der Waals surface area contributed by atoms with E-state index in [1.165, 1.54) is 18.2 Å². The van der Waals surface area contributed by atoms with E-state index in [2.05, 4.69) is 15.2 Å². The normalized spacial score (nSPS) is 11.1. The molecule has 0 spiro atoms. The molecule has 0 fully saturated rings. The summed E-state index contributed by atoms with van der Waals surface area (Å²) in [4.78, 5) is 28.5. The van der Waals surface area contributed by atoms with Gasteiger partial charge in [-0.1, -0.05) is 0 Å². The number of fused-ring (bicyclic) bond motifs is 1. The number of carbonyl (C=O) groups is 1. The minimum atomic E-state index is -0.353. The molecule has 1 amide bonds. The fraction of sp³-hybridized carbons (Fsp3) is 0.412. The molecule has 2 aromatic rings. The van der Waals surface area contributed by atoms with E-state index < -0.39 is 0 Å². The summed E-state index contributed by atoms with van der Waals surface area (Å²) in [5.41, 5.74) is 0.851. The second kappa shape index (κ2) is 7.87. The maximum Gasteiger partial charge on any atom is 0.251 e. The first-order chi connectivity index (χ1) is 11.0. The Hall–Kier alpha value is -2.21. The van der Waals surface area contributed by atoms with Crippen LogP contribution in [0.15, 0.2) is 29.1 Å². The fourth-order valence-corrected chi connectivity index (χ4v) is 2.37. The molecule has 5 nitrogen and oxygen atoms in total. The lowest BCUT2D eigenvalue weighted by molar-refractivity contribution is -0.121. The molecule has 0 aliphatic heterocycles. The number of nitrogens with zero attached hydrogens (tertiary/aromatic N) is 1. The van der Waals surface area contributed by atoms with Crippen molar-refractivity contribution >= 4 is 16.8 Å². The van der Waals surface area contributed by atoms with Crippen molar-refractivity contribution in [2.45, 2.75) is 19.3 Å². The Morgan fingerprint density at radius 3 is 2.83 bits per heavy atom. The van der Waals surface area contributed by atoms with Crippen LogP contribution >= 0.6 is 0 Å². The molecule has 0 saturated carbocycles. The van der Waals surface area contributed by atoms with Gasteiger partial charge in [0.25, 0.3) is 5.56 Å². The zero-order valence-electron chi connectivity index (χ0n) is 13.5. The number of aromatic nitrogens is 1. The van der Waals surface area contributed by atoms with Crippen LogP contribution in [0, 0.1) is 5.82 Å². The highest BCUT2D eigenvalue weighted by Gasteiger charge is 2.07. The van der Waals surface area contributed by atoms with E-state index in [-0.39, 0.29) is 23.7 Å². The zero-order valence-corrected chi connectivity index (χ0v) is 13.5. The number of amides is 1.